The second kappa shape index (κ2) is 5.68. The van der Waals surface area contributed by atoms with Crippen LogP contribution in [0.25, 0.3) is 0 Å². The van der Waals surface area contributed by atoms with Crippen LogP contribution in [0.3, 0.4) is 0 Å². The normalized spacial score (nSPS) is 17.7. The van der Waals surface area contributed by atoms with E-state index in [-0.39, 0.29) is 6.54 Å². The minimum atomic E-state index is -1.14. The molecule has 19 heavy (non-hydrogen) atoms. The summed E-state index contributed by atoms with van der Waals surface area (Å²) in [5, 5.41) is 20.7. The first-order chi connectivity index (χ1) is 9.12. The van der Waals surface area contributed by atoms with Gasteiger partial charge in [0.05, 0.1) is 6.54 Å². The summed E-state index contributed by atoms with van der Waals surface area (Å²) in [6.07, 6.45) is 4.92. The Kier molecular flexibility index (Phi) is 3.98. The van der Waals surface area contributed by atoms with Gasteiger partial charge in [-0.1, -0.05) is 19.3 Å². The molecule has 1 aromatic heterocycles. The molecule has 8 nitrogen and oxygen atoms in total. The highest BCUT2D eigenvalue weighted by molar-refractivity contribution is 5.86. The van der Waals surface area contributed by atoms with E-state index in [2.05, 4.69) is 25.8 Å². The number of nitrogens with zero attached hydrogens (tertiary/aromatic N) is 2. The molecule has 1 aliphatic rings. The second-order valence-corrected chi connectivity index (χ2v) is 4.69. The number of hydrogen-bond acceptors (Lipinski definition) is 4. The van der Waals surface area contributed by atoms with Crippen molar-refractivity contribution in [1.29, 1.82) is 0 Å². The number of amides is 2. The molecule has 0 bridgehead atoms. The van der Waals surface area contributed by atoms with Crippen LogP contribution >= 0.6 is 0 Å². The van der Waals surface area contributed by atoms with Gasteiger partial charge in [0.2, 0.25) is 0 Å². The fourth-order valence-corrected chi connectivity index (χ4v) is 2.29. The number of carbonyl (C=O) groups excluding carboxylic acids is 1. The molecule has 1 saturated carbocycles. The van der Waals surface area contributed by atoms with Gasteiger partial charge < -0.3 is 15.7 Å². The summed E-state index contributed by atoms with van der Waals surface area (Å²) >= 11 is 0. The minimum Gasteiger partial charge on any atom is -0.480 e. The molecule has 1 heterocycles. The number of aromatic amines is 1. The number of aromatic nitrogens is 3. The van der Waals surface area contributed by atoms with Crippen molar-refractivity contribution in [2.24, 2.45) is 0 Å². The Morgan fingerprint density at radius 1 is 1.37 bits per heavy atom. The van der Waals surface area contributed by atoms with E-state index in [0.29, 0.717) is 18.7 Å². The largest absolute Gasteiger partial charge is 0.480 e. The molecule has 2 rings (SSSR count). The summed E-state index contributed by atoms with van der Waals surface area (Å²) in [7, 11) is 0. The van der Waals surface area contributed by atoms with Gasteiger partial charge >= 0.3 is 12.0 Å². The Balaban J connectivity index is 1.90. The lowest BCUT2D eigenvalue weighted by Crippen LogP contribution is -2.57. The molecule has 0 spiro atoms. The van der Waals surface area contributed by atoms with E-state index in [4.69, 9.17) is 0 Å². The maximum absolute atomic E-state index is 11.8. The number of aliphatic carboxylic acids is 1. The average Bonchev–Trinajstić information content (AvgIpc) is 2.90. The minimum absolute atomic E-state index is 0.182. The average molecular weight is 267 g/mol. The van der Waals surface area contributed by atoms with Gasteiger partial charge in [-0.05, 0) is 12.8 Å². The molecule has 104 valence electrons. The number of carboxylic acid groups (broad SMARTS) is 1. The highest BCUT2D eigenvalue weighted by Gasteiger charge is 2.40. The number of H-pyrrole nitrogens is 1. The van der Waals surface area contributed by atoms with Crippen LogP contribution in [0.15, 0.2) is 6.33 Å². The van der Waals surface area contributed by atoms with E-state index >= 15 is 0 Å². The van der Waals surface area contributed by atoms with Gasteiger partial charge in [-0.2, -0.15) is 5.10 Å². The summed E-state index contributed by atoms with van der Waals surface area (Å²) in [6, 6.07) is -0.499. The lowest BCUT2D eigenvalue weighted by molar-refractivity contribution is -0.145. The van der Waals surface area contributed by atoms with E-state index < -0.39 is 17.5 Å². The van der Waals surface area contributed by atoms with Crippen LogP contribution < -0.4 is 10.6 Å². The second-order valence-electron chi connectivity index (χ2n) is 4.69. The first-order valence-corrected chi connectivity index (χ1v) is 6.26. The van der Waals surface area contributed by atoms with Crippen molar-refractivity contribution in [2.45, 2.75) is 44.2 Å². The molecule has 0 aromatic carbocycles. The predicted octanol–water partition coefficient (Wildman–Crippen LogP) is 0.391. The van der Waals surface area contributed by atoms with Gasteiger partial charge in [0, 0.05) is 0 Å². The predicted molar refractivity (Wildman–Crippen MR) is 65.2 cm³/mol. The molecule has 0 saturated heterocycles. The van der Waals surface area contributed by atoms with Crippen molar-refractivity contribution >= 4 is 12.0 Å². The molecule has 1 fully saturated rings. The molecule has 0 atom stereocenters. The fourth-order valence-electron chi connectivity index (χ4n) is 2.29. The van der Waals surface area contributed by atoms with Gasteiger partial charge in [0.15, 0.2) is 0 Å². The molecular weight excluding hydrogens is 250 g/mol. The Bertz CT molecular complexity index is 439. The highest BCUT2D eigenvalue weighted by atomic mass is 16.4. The first kappa shape index (κ1) is 13.3. The molecule has 4 N–H and O–H groups in total. The van der Waals surface area contributed by atoms with Crippen molar-refractivity contribution in [3.05, 3.63) is 12.2 Å². The van der Waals surface area contributed by atoms with Crippen molar-refractivity contribution in [2.75, 3.05) is 0 Å². The lowest BCUT2D eigenvalue weighted by Gasteiger charge is -2.33. The molecule has 8 heteroatoms. The Morgan fingerprint density at radius 3 is 2.68 bits per heavy atom. The van der Waals surface area contributed by atoms with E-state index in [9.17, 15) is 14.7 Å². The van der Waals surface area contributed by atoms with Crippen molar-refractivity contribution in [1.82, 2.24) is 25.8 Å². The van der Waals surface area contributed by atoms with Crippen molar-refractivity contribution in [3.8, 4) is 0 Å². The summed E-state index contributed by atoms with van der Waals surface area (Å²) in [5.41, 5.74) is -1.14. The Labute approximate surface area is 110 Å². The van der Waals surface area contributed by atoms with Gasteiger partial charge in [-0.3, -0.25) is 5.10 Å². The molecule has 0 aliphatic heterocycles. The quantitative estimate of drug-likeness (QED) is 0.629. The fraction of sp³-hybridized carbons (Fsp3) is 0.636. The lowest BCUT2D eigenvalue weighted by atomic mass is 9.82. The number of carboxylic acids is 1. The third-order valence-electron chi connectivity index (χ3n) is 3.35. The van der Waals surface area contributed by atoms with Crippen molar-refractivity contribution in [3.63, 3.8) is 0 Å². The maximum Gasteiger partial charge on any atom is 0.329 e. The van der Waals surface area contributed by atoms with Crippen LogP contribution in [-0.2, 0) is 11.3 Å². The zero-order valence-electron chi connectivity index (χ0n) is 10.5. The van der Waals surface area contributed by atoms with Crippen molar-refractivity contribution < 1.29 is 14.7 Å². The maximum atomic E-state index is 11.8. The number of carbonyl (C=O) groups is 2. The van der Waals surface area contributed by atoms with Crippen LogP contribution in [0.2, 0.25) is 0 Å². The zero-order chi connectivity index (χ0) is 13.7. The van der Waals surface area contributed by atoms with Crippen LogP contribution in [0.4, 0.5) is 4.79 Å². The SMILES string of the molecule is O=C(NCc1ncn[nH]1)NC1(C(=O)O)CCCCC1. The van der Waals surface area contributed by atoms with Gasteiger partial charge in [0.25, 0.3) is 0 Å². The molecule has 2 amide bonds. The highest BCUT2D eigenvalue weighted by Crippen LogP contribution is 2.28. The topological polar surface area (TPSA) is 120 Å². The summed E-state index contributed by atoms with van der Waals surface area (Å²) < 4.78 is 0. The smallest absolute Gasteiger partial charge is 0.329 e. The first-order valence-electron chi connectivity index (χ1n) is 6.26. The van der Waals surface area contributed by atoms with E-state index in [1.807, 2.05) is 0 Å². The third-order valence-corrected chi connectivity index (χ3v) is 3.35. The van der Waals surface area contributed by atoms with Crippen LogP contribution in [0, 0.1) is 0 Å². The molecule has 1 aromatic rings. The Morgan fingerprint density at radius 2 is 2.11 bits per heavy atom. The summed E-state index contributed by atoms with van der Waals surface area (Å²) in [4.78, 5) is 27.0. The number of nitrogens with one attached hydrogen (secondary N) is 3. The van der Waals surface area contributed by atoms with Gasteiger partial charge in [-0.15, -0.1) is 0 Å². The third kappa shape index (κ3) is 3.21. The summed E-state index contributed by atoms with van der Waals surface area (Å²) in [5.74, 6) is -0.454. The van der Waals surface area contributed by atoms with Crippen LogP contribution in [0.5, 0.6) is 0 Å². The standard InChI is InChI=1S/C11H17N5O3/c17-9(18)11(4-2-1-3-5-11)15-10(19)12-6-8-13-7-14-16-8/h7H,1-6H2,(H,17,18)(H2,12,15,19)(H,13,14,16). The molecule has 0 radical (unpaired) electrons. The van der Waals surface area contributed by atoms with Gasteiger partial charge in [-0.25, -0.2) is 14.6 Å². The number of urea groups is 1. The van der Waals surface area contributed by atoms with Crippen LogP contribution in [-0.4, -0.2) is 37.8 Å². The van der Waals surface area contributed by atoms with Crippen LogP contribution in [0.1, 0.15) is 37.9 Å². The molecule has 0 unspecified atom stereocenters. The number of hydrogen-bond donors (Lipinski definition) is 4. The van der Waals surface area contributed by atoms with E-state index in [1.54, 1.807) is 0 Å². The van der Waals surface area contributed by atoms with Gasteiger partial charge in [0.1, 0.15) is 17.7 Å². The van der Waals surface area contributed by atoms with E-state index in [1.165, 1.54) is 6.33 Å². The zero-order valence-corrected chi connectivity index (χ0v) is 10.5. The monoisotopic (exact) mass is 267 g/mol. The molecule has 1 aliphatic carbocycles. The van der Waals surface area contributed by atoms with E-state index in [0.717, 1.165) is 19.3 Å². The molecular formula is C11H17N5O3. The Hall–Kier alpha value is -2.12. The number of rotatable bonds is 4. The summed E-state index contributed by atoms with van der Waals surface area (Å²) in [6.45, 7) is 0.182.